The van der Waals surface area contributed by atoms with Crippen molar-refractivity contribution in [2.45, 2.75) is 87.3 Å². The SMILES string of the molecule is O=C1CCC(N2C(=O)c3ccc(NCCCCCCCCCCCNC(=O)c4cccc(SCc5cn(-c6cccc(C(=O)NO)c6)nn5)c4)cc3C2=O)C(=O)N1. The van der Waals surface area contributed by atoms with Crippen molar-refractivity contribution in [2.24, 2.45) is 0 Å². The predicted octanol–water partition coefficient (Wildman–Crippen LogP) is 5.43. The third kappa shape index (κ3) is 10.7. The molecule has 6 amide bonds. The molecule has 2 aliphatic rings. The number of rotatable bonds is 20. The lowest BCUT2D eigenvalue weighted by Crippen LogP contribution is -2.54. The molecule has 57 heavy (non-hydrogen) atoms. The molecule has 298 valence electrons. The van der Waals surface area contributed by atoms with Crippen molar-refractivity contribution in [3.8, 4) is 5.69 Å². The summed E-state index contributed by atoms with van der Waals surface area (Å²) in [5.74, 6) is -2.19. The number of hydrogen-bond donors (Lipinski definition) is 5. The van der Waals surface area contributed by atoms with Crippen LogP contribution >= 0.6 is 11.8 Å². The van der Waals surface area contributed by atoms with Crippen molar-refractivity contribution in [1.82, 2.24) is 36.0 Å². The Morgan fingerprint density at radius 2 is 1.47 bits per heavy atom. The molecule has 2 aliphatic heterocycles. The monoisotopic (exact) mass is 794 g/mol. The maximum atomic E-state index is 13.0. The zero-order chi connectivity index (χ0) is 40.1. The minimum absolute atomic E-state index is 0.0884. The molecule has 0 saturated carbocycles. The topological polar surface area (TPSA) is 205 Å². The maximum Gasteiger partial charge on any atom is 0.274 e. The van der Waals surface area contributed by atoms with Crippen molar-refractivity contribution in [3.63, 3.8) is 0 Å². The van der Waals surface area contributed by atoms with Crippen LogP contribution < -0.4 is 21.4 Å². The van der Waals surface area contributed by atoms with E-state index >= 15 is 0 Å². The Bertz CT molecular complexity index is 2120. The summed E-state index contributed by atoms with van der Waals surface area (Å²) in [6.45, 7) is 1.37. The van der Waals surface area contributed by atoms with Crippen LogP contribution in [0.15, 0.2) is 77.8 Å². The second-order valence-electron chi connectivity index (χ2n) is 14.0. The van der Waals surface area contributed by atoms with Gasteiger partial charge in [-0.15, -0.1) is 16.9 Å². The Balaban J connectivity index is 0.794. The summed E-state index contributed by atoms with van der Waals surface area (Å²) in [6.07, 6.45) is 11.8. The highest BCUT2D eigenvalue weighted by Crippen LogP contribution is 2.30. The fraction of sp³-hybridized carbons (Fsp3) is 0.366. The quantitative estimate of drug-likeness (QED) is 0.0251. The summed E-state index contributed by atoms with van der Waals surface area (Å²) in [7, 11) is 0. The smallest absolute Gasteiger partial charge is 0.274 e. The molecule has 3 heterocycles. The third-order valence-corrected chi connectivity index (χ3v) is 10.9. The number of amides is 6. The molecular formula is C41H46N8O7S. The molecule has 3 aromatic carbocycles. The van der Waals surface area contributed by atoms with Gasteiger partial charge in [0.05, 0.1) is 28.7 Å². The lowest BCUT2D eigenvalue weighted by Gasteiger charge is -2.27. The molecule has 5 N–H and O–H groups in total. The molecule has 1 unspecified atom stereocenters. The molecule has 0 bridgehead atoms. The van der Waals surface area contributed by atoms with Gasteiger partial charge in [0.1, 0.15) is 6.04 Å². The van der Waals surface area contributed by atoms with E-state index in [4.69, 9.17) is 5.21 Å². The van der Waals surface area contributed by atoms with Crippen LogP contribution in [0.4, 0.5) is 5.69 Å². The average molecular weight is 795 g/mol. The summed E-state index contributed by atoms with van der Waals surface area (Å²) in [5, 5.41) is 25.9. The number of imide groups is 2. The lowest BCUT2D eigenvalue weighted by atomic mass is 10.0. The first-order valence-electron chi connectivity index (χ1n) is 19.3. The Morgan fingerprint density at radius 3 is 2.21 bits per heavy atom. The minimum Gasteiger partial charge on any atom is -0.385 e. The fourth-order valence-corrected chi connectivity index (χ4v) is 7.67. The zero-order valence-electron chi connectivity index (χ0n) is 31.5. The number of nitrogens with zero attached hydrogens (tertiary/aromatic N) is 4. The van der Waals surface area contributed by atoms with E-state index < -0.39 is 35.6 Å². The van der Waals surface area contributed by atoms with E-state index in [1.165, 1.54) is 6.42 Å². The number of carbonyl (C=O) groups is 6. The largest absolute Gasteiger partial charge is 0.385 e. The summed E-state index contributed by atoms with van der Waals surface area (Å²) < 4.78 is 1.56. The van der Waals surface area contributed by atoms with Gasteiger partial charge >= 0.3 is 0 Å². The molecule has 1 aromatic heterocycles. The number of carbonyl (C=O) groups excluding carboxylic acids is 6. The molecule has 6 rings (SSSR count). The van der Waals surface area contributed by atoms with Crippen molar-refractivity contribution in [3.05, 3.63) is 101 Å². The van der Waals surface area contributed by atoms with E-state index in [1.54, 1.807) is 76.7 Å². The van der Waals surface area contributed by atoms with Crippen LogP contribution in [-0.2, 0) is 15.3 Å². The van der Waals surface area contributed by atoms with Crippen LogP contribution in [0.2, 0.25) is 0 Å². The van der Waals surface area contributed by atoms with Crippen LogP contribution in [0.25, 0.3) is 5.69 Å². The second-order valence-corrected chi connectivity index (χ2v) is 15.1. The fourth-order valence-electron chi connectivity index (χ4n) is 6.83. The van der Waals surface area contributed by atoms with Gasteiger partial charge in [-0.2, -0.15) is 0 Å². The van der Waals surface area contributed by atoms with Gasteiger partial charge in [-0.25, -0.2) is 10.2 Å². The van der Waals surface area contributed by atoms with E-state index in [2.05, 4.69) is 26.3 Å². The van der Waals surface area contributed by atoms with Gasteiger partial charge in [-0.3, -0.25) is 44.2 Å². The third-order valence-electron chi connectivity index (χ3n) is 9.91. The Labute approximate surface area is 334 Å². The van der Waals surface area contributed by atoms with Gasteiger partial charge in [0.25, 0.3) is 23.6 Å². The number of fused-ring (bicyclic) bond motifs is 1. The maximum absolute atomic E-state index is 13.0. The Kier molecular flexibility index (Phi) is 14.2. The van der Waals surface area contributed by atoms with Crippen LogP contribution in [0.1, 0.15) is 118 Å². The van der Waals surface area contributed by atoms with Gasteiger partial charge in [0.15, 0.2) is 0 Å². The van der Waals surface area contributed by atoms with Crippen LogP contribution in [0, 0.1) is 0 Å². The molecule has 1 atom stereocenters. The van der Waals surface area contributed by atoms with E-state index in [-0.39, 0.29) is 29.9 Å². The first kappa shape index (κ1) is 40.8. The first-order valence-corrected chi connectivity index (χ1v) is 20.3. The summed E-state index contributed by atoms with van der Waals surface area (Å²) in [5.41, 5.74) is 5.19. The number of hydroxylamine groups is 1. The molecule has 0 radical (unpaired) electrons. The van der Waals surface area contributed by atoms with Gasteiger partial charge in [0.2, 0.25) is 11.8 Å². The second kappa shape index (κ2) is 19.8. The van der Waals surface area contributed by atoms with E-state index in [9.17, 15) is 28.8 Å². The Hall–Kier alpha value is -5.87. The highest BCUT2D eigenvalue weighted by Gasteiger charge is 2.44. The van der Waals surface area contributed by atoms with E-state index in [1.807, 2.05) is 18.2 Å². The predicted molar refractivity (Wildman–Crippen MR) is 212 cm³/mol. The van der Waals surface area contributed by atoms with Gasteiger partial charge in [-0.05, 0) is 73.9 Å². The molecule has 15 nitrogen and oxygen atoms in total. The standard InChI is InChI=1S/C41H46N8O7S/c50-36-19-18-35(39(53)44-36)49-40(54)33-17-16-29(24-34(33)41(49)55)42-20-8-6-4-2-1-3-5-7-9-21-43-37(51)28-13-11-15-32(23-28)57-26-30-25-48(47-45-30)31-14-10-12-27(22-31)38(52)46-56/h10-17,22-25,35,42,56H,1-9,18-21,26H2,(H,43,51)(H,46,52)(H,44,50,53). The van der Waals surface area contributed by atoms with Crippen molar-refractivity contribution in [2.75, 3.05) is 18.4 Å². The number of unbranched alkanes of at least 4 members (excludes halogenated alkanes) is 8. The van der Waals surface area contributed by atoms with Gasteiger partial charge in [0, 0.05) is 47.0 Å². The highest BCUT2D eigenvalue weighted by atomic mass is 32.2. The number of hydrogen-bond acceptors (Lipinski definition) is 11. The number of nitrogens with one attached hydrogen (secondary N) is 4. The molecule has 1 saturated heterocycles. The van der Waals surface area contributed by atoms with E-state index in [0.29, 0.717) is 29.1 Å². The molecule has 0 aliphatic carbocycles. The van der Waals surface area contributed by atoms with Crippen molar-refractivity contribution in [1.29, 1.82) is 0 Å². The number of thioether (sulfide) groups is 1. The molecular weight excluding hydrogens is 749 g/mol. The van der Waals surface area contributed by atoms with Gasteiger partial charge in [-0.1, -0.05) is 62.3 Å². The zero-order valence-corrected chi connectivity index (χ0v) is 32.3. The average Bonchev–Trinajstić information content (AvgIpc) is 3.80. The molecule has 16 heteroatoms. The molecule has 4 aromatic rings. The highest BCUT2D eigenvalue weighted by molar-refractivity contribution is 7.98. The van der Waals surface area contributed by atoms with Crippen molar-refractivity contribution < 1.29 is 34.0 Å². The summed E-state index contributed by atoms with van der Waals surface area (Å²) in [6, 6.07) is 18.2. The van der Waals surface area contributed by atoms with E-state index in [0.717, 1.165) is 79.1 Å². The first-order chi connectivity index (χ1) is 27.7. The summed E-state index contributed by atoms with van der Waals surface area (Å²) in [4.78, 5) is 76.2. The lowest BCUT2D eigenvalue weighted by molar-refractivity contribution is -0.136. The Morgan fingerprint density at radius 1 is 0.789 bits per heavy atom. The number of benzene rings is 3. The number of anilines is 1. The minimum atomic E-state index is -0.971. The molecule has 1 fully saturated rings. The normalized spacial score (nSPS) is 15.0. The molecule has 0 spiro atoms. The van der Waals surface area contributed by atoms with Crippen LogP contribution in [0.5, 0.6) is 0 Å². The van der Waals surface area contributed by atoms with Crippen LogP contribution in [-0.4, -0.2) is 79.7 Å². The summed E-state index contributed by atoms with van der Waals surface area (Å²) >= 11 is 1.55. The van der Waals surface area contributed by atoms with Crippen LogP contribution in [0.3, 0.4) is 0 Å². The van der Waals surface area contributed by atoms with Gasteiger partial charge < -0.3 is 10.6 Å². The number of aromatic nitrogens is 3. The number of piperidine rings is 1. The van der Waals surface area contributed by atoms with Crippen molar-refractivity contribution >= 4 is 52.9 Å².